The molecule has 0 amide bonds. The summed E-state index contributed by atoms with van der Waals surface area (Å²) in [4.78, 5) is 11.1. The normalized spacial score (nSPS) is 9.64. The number of nitrogens with two attached hydrogens (primary N) is 1. The van der Waals surface area contributed by atoms with Crippen LogP contribution in [-0.4, -0.2) is 12.3 Å². The number of carbonyl (C=O) groups is 1. The fourth-order valence-electron chi connectivity index (χ4n) is 0.996. The first kappa shape index (κ1) is 7.95. The van der Waals surface area contributed by atoms with Gasteiger partial charge in [-0.15, -0.1) is 0 Å². The molecule has 2 heteroatoms. The van der Waals surface area contributed by atoms with Gasteiger partial charge in [-0.2, -0.15) is 0 Å². The molecule has 0 atom stereocenters. The van der Waals surface area contributed by atoms with Gasteiger partial charge in [0.2, 0.25) is 0 Å². The summed E-state index contributed by atoms with van der Waals surface area (Å²) in [5, 5.41) is 0. The minimum Gasteiger partial charge on any atom is -0.324 e. The van der Waals surface area contributed by atoms with Crippen LogP contribution in [0.4, 0.5) is 0 Å². The first-order valence-electron chi connectivity index (χ1n) is 3.54. The van der Waals surface area contributed by atoms with Crippen molar-refractivity contribution in [3.8, 4) is 0 Å². The summed E-state index contributed by atoms with van der Waals surface area (Å²) in [5.74, 6) is 0.00287. The van der Waals surface area contributed by atoms with Crippen LogP contribution in [0.25, 0.3) is 0 Å². The van der Waals surface area contributed by atoms with Crippen LogP contribution < -0.4 is 5.73 Å². The van der Waals surface area contributed by atoms with E-state index in [1.165, 1.54) is 0 Å². The lowest BCUT2D eigenvalue weighted by Gasteiger charge is -2.00. The van der Waals surface area contributed by atoms with Gasteiger partial charge in [0.1, 0.15) is 0 Å². The van der Waals surface area contributed by atoms with Gasteiger partial charge in [0.05, 0.1) is 6.54 Å². The summed E-state index contributed by atoms with van der Waals surface area (Å²) >= 11 is 0. The minimum atomic E-state index is 0.00287. The number of ketones is 1. The molecule has 0 spiro atoms. The molecule has 58 valence electrons. The monoisotopic (exact) mass is 149 g/mol. The highest BCUT2D eigenvalue weighted by Crippen LogP contribution is 2.06. The highest BCUT2D eigenvalue weighted by molar-refractivity contribution is 5.98. The zero-order valence-electron chi connectivity index (χ0n) is 6.50. The molecule has 0 unspecified atom stereocenters. The number of Topliss-reactive ketones (excluding diaryl/α,β-unsaturated/α-hetero) is 1. The molecule has 0 aliphatic heterocycles. The molecule has 0 aliphatic rings. The molecule has 1 aromatic rings. The molecule has 0 aromatic heterocycles. The second-order valence-corrected chi connectivity index (χ2v) is 2.44. The molecule has 1 rings (SSSR count). The van der Waals surface area contributed by atoms with Crippen molar-refractivity contribution in [2.75, 3.05) is 6.54 Å². The SMILES string of the molecule is Cc1ccccc1C(=O)CN. The second-order valence-electron chi connectivity index (χ2n) is 2.44. The predicted octanol–water partition coefficient (Wildman–Crippen LogP) is 1.14. The van der Waals surface area contributed by atoms with E-state index in [4.69, 9.17) is 5.73 Å². The third-order valence-electron chi connectivity index (χ3n) is 1.63. The molecule has 0 saturated carbocycles. The Bertz CT molecular complexity index is 268. The van der Waals surface area contributed by atoms with E-state index in [9.17, 15) is 4.79 Å². The number of benzene rings is 1. The Morgan fingerprint density at radius 1 is 1.45 bits per heavy atom. The lowest BCUT2D eigenvalue weighted by molar-refractivity contribution is 0.100. The standard InChI is InChI=1S/C9H11NO/c1-7-4-2-3-5-8(7)9(11)6-10/h2-5H,6,10H2,1H3. The molecule has 1 aromatic carbocycles. The van der Waals surface area contributed by atoms with Gasteiger partial charge >= 0.3 is 0 Å². The number of aryl methyl sites for hydroxylation is 1. The van der Waals surface area contributed by atoms with E-state index in [1.54, 1.807) is 6.07 Å². The van der Waals surface area contributed by atoms with Crippen LogP contribution in [0.3, 0.4) is 0 Å². The van der Waals surface area contributed by atoms with Crippen molar-refractivity contribution in [2.45, 2.75) is 6.92 Å². The van der Waals surface area contributed by atoms with E-state index in [0.717, 1.165) is 11.1 Å². The Hall–Kier alpha value is -1.15. The number of carbonyl (C=O) groups excluding carboxylic acids is 1. The van der Waals surface area contributed by atoms with Gasteiger partial charge in [-0.1, -0.05) is 24.3 Å². The molecule has 0 bridgehead atoms. The Labute approximate surface area is 66.0 Å². The second kappa shape index (κ2) is 3.30. The molecule has 0 radical (unpaired) electrons. The summed E-state index contributed by atoms with van der Waals surface area (Å²) in [6.45, 7) is 1.99. The lowest BCUT2D eigenvalue weighted by Crippen LogP contribution is -2.14. The largest absolute Gasteiger partial charge is 0.324 e. The lowest BCUT2D eigenvalue weighted by atomic mass is 10.1. The van der Waals surface area contributed by atoms with Crippen molar-refractivity contribution < 1.29 is 4.79 Å². The van der Waals surface area contributed by atoms with Crippen LogP contribution in [0.5, 0.6) is 0 Å². The van der Waals surface area contributed by atoms with Crippen molar-refractivity contribution in [1.82, 2.24) is 0 Å². The fourth-order valence-corrected chi connectivity index (χ4v) is 0.996. The van der Waals surface area contributed by atoms with Gasteiger partial charge in [0, 0.05) is 5.56 Å². The molecular formula is C9H11NO. The molecule has 11 heavy (non-hydrogen) atoms. The van der Waals surface area contributed by atoms with Crippen molar-refractivity contribution in [1.29, 1.82) is 0 Å². The van der Waals surface area contributed by atoms with E-state index in [-0.39, 0.29) is 12.3 Å². The fraction of sp³-hybridized carbons (Fsp3) is 0.222. The van der Waals surface area contributed by atoms with Gasteiger partial charge in [-0.3, -0.25) is 4.79 Å². The van der Waals surface area contributed by atoms with Gasteiger partial charge < -0.3 is 5.73 Å². The van der Waals surface area contributed by atoms with E-state index in [1.807, 2.05) is 25.1 Å². The van der Waals surface area contributed by atoms with Crippen molar-refractivity contribution in [3.05, 3.63) is 35.4 Å². The van der Waals surface area contributed by atoms with Gasteiger partial charge in [-0.05, 0) is 12.5 Å². The zero-order chi connectivity index (χ0) is 8.27. The Morgan fingerprint density at radius 2 is 2.09 bits per heavy atom. The Kier molecular flexibility index (Phi) is 2.39. The maximum Gasteiger partial charge on any atom is 0.176 e. The molecule has 2 N–H and O–H groups in total. The van der Waals surface area contributed by atoms with Crippen LogP contribution in [-0.2, 0) is 0 Å². The smallest absolute Gasteiger partial charge is 0.176 e. The van der Waals surface area contributed by atoms with Crippen LogP contribution in [0.15, 0.2) is 24.3 Å². The third-order valence-corrected chi connectivity index (χ3v) is 1.63. The average Bonchev–Trinajstić information content (AvgIpc) is 2.04. The van der Waals surface area contributed by atoms with Crippen LogP contribution in [0.1, 0.15) is 15.9 Å². The summed E-state index contributed by atoms with van der Waals surface area (Å²) in [5.41, 5.74) is 6.94. The maximum atomic E-state index is 11.1. The Morgan fingerprint density at radius 3 is 2.64 bits per heavy atom. The number of hydrogen-bond donors (Lipinski definition) is 1. The maximum absolute atomic E-state index is 11.1. The Balaban J connectivity index is 3.03. The number of hydrogen-bond acceptors (Lipinski definition) is 2. The van der Waals surface area contributed by atoms with Crippen LogP contribution in [0.2, 0.25) is 0 Å². The van der Waals surface area contributed by atoms with Crippen LogP contribution >= 0.6 is 0 Å². The minimum absolute atomic E-state index is 0.00287. The molecule has 0 fully saturated rings. The van der Waals surface area contributed by atoms with Crippen molar-refractivity contribution in [3.63, 3.8) is 0 Å². The quantitative estimate of drug-likeness (QED) is 0.641. The predicted molar refractivity (Wildman–Crippen MR) is 44.6 cm³/mol. The van der Waals surface area contributed by atoms with Gasteiger partial charge in [0.25, 0.3) is 0 Å². The number of rotatable bonds is 2. The topological polar surface area (TPSA) is 43.1 Å². The van der Waals surface area contributed by atoms with Crippen LogP contribution in [0, 0.1) is 6.92 Å². The highest BCUT2D eigenvalue weighted by Gasteiger charge is 2.04. The highest BCUT2D eigenvalue weighted by atomic mass is 16.1. The zero-order valence-corrected chi connectivity index (χ0v) is 6.50. The van der Waals surface area contributed by atoms with Gasteiger partial charge in [-0.25, -0.2) is 0 Å². The summed E-state index contributed by atoms with van der Waals surface area (Å²) in [6, 6.07) is 7.45. The molecular weight excluding hydrogens is 138 g/mol. The first-order valence-corrected chi connectivity index (χ1v) is 3.54. The average molecular weight is 149 g/mol. The van der Waals surface area contributed by atoms with Crippen molar-refractivity contribution >= 4 is 5.78 Å². The summed E-state index contributed by atoms with van der Waals surface area (Å²) < 4.78 is 0. The molecule has 0 heterocycles. The summed E-state index contributed by atoms with van der Waals surface area (Å²) in [7, 11) is 0. The third kappa shape index (κ3) is 1.65. The van der Waals surface area contributed by atoms with E-state index >= 15 is 0 Å². The molecule has 2 nitrogen and oxygen atoms in total. The molecule has 0 saturated heterocycles. The van der Waals surface area contributed by atoms with Crippen molar-refractivity contribution in [2.24, 2.45) is 5.73 Å². The summed E-state index contributed by atoms with van der Waals surface area (Å²) in [6.07, 6.45) is 0. The molecule has 0 aliphatic carbocycles. The van der Waals surface area contributed by atoms with E-state index in [0.29, 0.717) is 0 Å². The van der Waals surface area contributed by atoms with E-state index in [2.05, 4.69) is 0 Å². The van der Waals surface area contributed by atoms with Gasteiger partial charge in [0.15, 0.2) is 5.78 Å². The van der Waals surface area contributed by atoms with E-state index < -0.39 is 0 Å². The first-order chi connectivity index (χ1) is 5.25.